The lowest BCUT2D eigenvalue weighted by molar-refractivity contribution is -0.142. The number of hydrogen-bond donors (Lipinski definition) is 13. The van der Waals surface area contributed by atoms with E-state index in [9.17, 15) is 53.1 Å². The number of nitrogens with zero attached hydrogens (tertiary/aromatic N) is 1. The number of hydrogen-bond acceptors (Lipinski definition) is 15. The third-order valence-electron chi connectivity index (χ3n) is 6.97. The van der Waals surface area contributed by atoms with Gasteiger partial charge in [0.05, 0.1) is 12.4 Å². The molecule has 1 aromatic heterocycles. The van der Waals surface area contributed by atoms with E-state index >= 15 is 0 Å². The summed E-state index contributed by atoms with van der Waals surface area (Å²) in [5.41, 5.74) is 11.7. The minimum absolute atomic E-state index is 0.0515. The fraction of sp³-hybridized carbons (Fsp3) is 0.552. The average molecular weight is 821 g/mol. The topological polar surface area (TPSA) is 405 Å². The van der Waals surface area contributed by atoms with Crippen molar-refractivity contribution in [3.05, 3.63) is 18.2 Å². The molecule has 26 heteroatoms. The summed E-state index contributed by atoms with van der Waals surface area (Å²) in [6, 6.07) is -6.46. The Morgan fingerprint density at radius 2 is 1.11 bits per heavy atom. The van der Waals surface area contributed by atoms with Crippen molar-refractivity contribution in [1.29, 1.82) is 0 Å². The molecule has 306 valence electrons. The Hall–Kier alpha value is -5.47. The number of H-pyrrole nitrogens is 1. The molecule has 4 unspecified atom stereocenters. The lowest BCUT2D eigenvalue weighted by Gasteiger charge is -2.20. The van der Waals surface area contributed by atoms with Crippen LogP contribution in [0.2, 0.25) is 0 Å². The Kier molecular flexibility index (Phi) is 22.1. The van der Waals surface area contributed by atoms with Gasteiger partial charge in [-0.3, -0.25) is 43.2 Å². The van der Waals surface area contributed by atoms with Crippen LogP contribution < -0.4 is 43.4 Å². The number of aliphatic carboxylic acids is 4. The van der Waals surface area contributed by atoms with Gasteiger partial charge in [-0.25, -0.2) is 9.78 Å². The molecule has 0 aliphatic carbocycles. The molecule has 0 aliphatic heterocycles. The van der Waals surface area contributed by atoms with Gasteiger partial charge < -0.3 is 68.8 Å². The quantitative estimate of drug-likeness (QED) is 0.0278. The first-order valence-corrected chi connectivity index (χ1v) is 18.7. The van der Waals surface area contributed by atoms with Gasteiger partial charge >= 0.3 is 23.9 Å². The highest BCUT2D eigenvalue weighted by atomic mass is 33.1. The van der Waals surface area contributed by atoms with Crippen molar-refractivity contribution in [2.24, 2.45) is 11.5 Å². The van der Waals surface area contributed by atoms with Gasteiger partial charge in [-0.1, -0.05) is 21.6 Å². The summed E-state index contributed by atoms with van der Waals surface area (Å²) in [6.45, 7) is -1.75. The van der Waals surface area contributed by atoms with E-state index in [1.54, 1.807) is 0 Å². The zero-order chi connectivity index (χ0) is 41.5. The lowest BCUT2D eigenvalue weighted by atomic mass is 10.1. The maximum absolute atomic E-state index is 12.7. The molecule has 0 saturated heterocycles. The first-order chi connectivity index (χ1) is 25.9. The summed E-state index contributed by atoms with van der Waals surface area (Å²) in [4.78, 5) is 126. The molecule has 1 aromatic rings. The van der Waals surface area contributed by atoms with E-state index in [1.165, 1.54) is 12.5 Å². The van der Waals surface area contributed by atoms with Crippen LogP contribution in [0.5, 0.6) is 0 Å². The standard InChI is InChI=1S/C29H44N10O14S2/c30-15(25(47)33-6-5-22(42)37-17(29(52)53)7-14-8-32-13-36-14)1-3-20(40)38-18(26(48)34-9-23(43)44)11-54-55-12-19(27(49)35-10-24(45)46)39-21(41)4-2-16(31)28(50)51/h8,13,15-19H,1-7,9-12,30-31H2,(H,32,36)(H,33,47)(H,34,48)(H,35,49)(H,37,42)(H,38,40)(H,39,41)(H,43,44)(H,45,46)(H,50,51)(H,52,53)/t15?,16?,17-,18?,19?/m0/s1. The Bertz CT molecular complexity index is 1520. The molecule has 6 amide bonds. The predicted octanol–water partition coefficient (Wildman–Crippen LogP) is -4.92. The van der Waals surface area contributed by atoms with E-state index in [0.717, 1.165) is 21.6 Å². The molecule has 1 heterocycles. The largest absolute Gasteiger partial charge is 0.480 e. The highest BCUT2D eigenvalue weighted by molar-refractivity contribution is 8.76. The van der Waals surface area contributed by atoms with Crippen LogP contribution in [-0.2, 0) is 54.4 Å². The molecule has 0 bridgehead atoms. The van der Waals surface area contributed by atoms with Crippen molar-refractivity contribution in [3.8, 4) is 0 Å². The SMILES string of the molecule is NC(CCC(=O)NC(CSSCC(NC(=O)CCC(N)C(=O)NCCC(=O)N[C@@H](Cc1cnc[nH]1)C(=O)O)C(=O)NCC(=O)O)C(=O)NCC(=O)O)C(=O)O. The summed E-state index contributed by atoms with van der Waals surface area (Å²) >= 11 is 0. The minimum Gasteiger partial charge on any atom is -0.480 e. The van der Waals surface area contributed by atoms with E-state index in [0.29, 0.717) is 5.69 Å². The zero-order valence-electron chi connectivity index (χ0n) is 29.1. The van der Waals surface area contributed by atoms with Crippen LogP contribution in [0.3, 0.4) is 0 Å². The molecular weight excluding hydrogens is 777 g/mol. The van der Waals surface area contributed by atoms with Gasteiger partial charge in [0.2, 0.25) is 35.4 Å². The maximum Gasteiger partial charge on any atom is 0.326 e. The third kappa shape index (κ3) is 21.1. The number of carbonyl (C=O) groups is 10. The molecule has 24 nitrogen and oxygen atoms in total. The summed E-state index contributed by atoms with van der Waals surface area (Å²) in [5, 5.41) is 49.8. The van der Waals surface area contributed by atoms with Crippen LogP contribution in [0, 0.1) is 0 Å². The molecule has 1 rings (SSSR count). The van der Waals surface area contributed by atoms with Gasteiger partial charge in [-0.2, -0.15) is 0 Å². The second-order valence-electron chi connectivity index (χ2n) is 11.4. The van der Waals surface area contributed by atoms with Crippen LogP contribution in [-0.4, -0.2) is 151 Å². The van der Waals surface area contributed by atoms with Crippen LogP contribution >= 0.6 is 21.6 Å². The van der Waals surface area contributed by atoms with Gasteiger partial charge in [-0.15, -0.1) is 0 Å². The summed E-state index contributed by atoms with van der Waals surface area (Å²) in [6.07, 6.45) is 1.23. The molecule has 5 atom stereocenters. The van der Waals surface area contributed by atoms with Crippen LogP contribution in [0.4, 0.5) is 0 Å². The van der Waals surface area contributed by atoms with Gasteiger partial charge in [0.25, 0.3) is 0 Å². The molecule has 0 saturated carbocycles. The lowest BCUT2D eigenvalue weighted by Crippen LogP contribution is -2.50. The van der Waals surface area contributed by atoms with Gasteiger partial charge in [0.1, 0.15) is 37.3 Å². The number of aromatic nitrogens is 2. The Morgan fingerprint density at radius 3 is 1.55 bits per heavy atom. The number of carboxylic acids is 4. The molecule has 0 spiro atoms. The third-order valence-corrected chi connectivity index (χ3v) is 9.39. The predicted molar refractivity (Wildman–Crippen MR) is 192 cm³/mol. The van der Waals surface area contributed by atoms with Crippen LogP contribution in [0.25, 0.3) is 0 Å². The molecule has 0 aliphatic rings. The summed E-state index contributed by atoms with van der Waals surface area (Å²) < 4.78 is 0. The molecule has 0 aromatic carbocycles. The molecule has 0 fully saturated rings. The normalized spacial score (nSPS) is 13.4. The summed E-state index contributed by atoms with van der Waals surface area (Å²) in [7, 11) is 1.84. The number of rotatable bonds is 28. The van der Waals surface area contributed by atoms with Gasteiger partial charge in [0, 0.05) is 55.6 Å². The maximum atomic E-state index is 12.7. The monoisotopic (exact) mass is 820 g/mol. The average Bonchev–Trinajstić information content (AvgIpc) is 3.64. The van der Waals surface area contributed by atoms with Crippen molar-refractivity contribution >= 4 is 80.9 Å². The number of nitrogens with one attached hydrogen (secondary N) is 7. The van der Waals surface area contributed by atoms with E-state index in [1.807, 2.05) is 0 Å². The smallest absolute Gasteiger partial charge is 0.326 e. The molecule has 0 radical (unpaired) electrons. The van der Waals surface area contributed by atoms with E-state index < -0.39 is 103 Å². The fourth-order valence-electron chi connectivity index (χ4n) is 4.04. The molecular formula is C29H44N10O14S2. The van der Waals surface area contributed by atoms with Gasteiger partial charge in [-0.05, 0) is 12.8 Å². The first-order valence-electron chi connectivity index (χ1n) is 16.2. The van der Waals surface area contributed by atoms with Crippen molar-refractivity contribution in [2.45, 2.75) is 68.7 Å². The highest BCUT2D eigenvalue weighted by Gasteiger charge is 2.26. The van der Waals surface area contributed by atoms with Crippen LogP contribution in [0.15, 0.2) is 12.5 Å². The number of imidazole rings is 1. The second-order valence-corrected chi connectivity index (χ2v) is 14.0. The number of carbonyl (C=O) groups excluding carboxylic acids is 6. The fourth-order valence-corrected chi connectivity index (χ4v) is 6.37. The summed E-state index contributed by atoms with van der Waals surface area (Å²) in [5.74, 6) is -10.4. The first kappa shape index (κ1) is 47.6. The Morgan fingerprint density at radius 1 is 0.636 bits per heavy atom. The van der Waals surface area contributed by atoms with Gasteiger partial charge in [0.15, 0.2) is 0 Å². The van der Waals surface area contributed by atoms with Crippen molar-refractivity contribution in [1.82, 2.24) is 41.9 Å². The number of carboxylic acid groups (broad SMARTS) is 4. The Labute approximate surface area is 320 Å². The molecule has 15 N–H and O–H groups in total. The van der Waals surface area contributed by atoms with E-state index in [-0.39, 0.29) is 56.6 Å². The number of amides is 6. The van der Waals surface area contributed by atoms with Crippen molar-refractivity contribution in [3.63, 3.8) is 0 Å². The zero-order valence-corrected chi connectivity index (χ0v) is 30.7. The number of nitrogens with two attached hydrogens (primary N) is 2. The van der Waals surface area contributed by atoms with Crippen LogP contribution in [0.1, 0.15) is 37.8 Å². The minimum atomic E-state index is -1.37. The van der Waals surface area contributed by atoms with Crippen molar-refractivity contribution in [2.75, 3.05) is 31.1 Å². The van der Waals surface area contributed by atoms with E-state index in [4.69, 9.17) is 26.8 Å². The highest BCUT2D eigenvalue weighted by Crippen LogP contribution is 2.23. The second kappa shape index (κ2) is 25.5. The number of aromatic amines is 1. The molecule has 55 heavy (non-hydrogen) atoms. The Balaban J connectivity index is 2.69. The van der Waals surface area contributed by atoms with E-state index in [2.05, 4.69) is 41.9 Å². The van der Waals surface area contributed by atoms with Crippen molar-refractivity contribution < 1.29 is 68.4 Å².